The van der Waals surface area contributed by atoms with Crippen LogP contribution in [0.15, 0.2) is 35.7 Å². The predicted molar refractivity (Wildman–Crippen MR) is 52.7 cm³/mol. The van der Waals surface area contributed by atoms with Gasteiger partial charge in [0.05, 0.1) is 0 Å². The Morgan fingerprint density at radius 1 is 1.33 bits per heavy atom. The molecule has 0 aliphatic carbocycles. The Hall–Kier alpha value is -0.850. The highest BCUT2D eigenvalue weighted by atomic mass is 19.1. The summed E-state index contributed by atoms with van der Waals surface area (Å²) in [6.07, 6.45) is 4.84. The van der Waals surface area contributed by atoms with Crippen LogP contribution in [0.5, 0.6) is 0 Å². The highest BCUT2D eigenvalue weighted by Crippen LogP contribution is 2.15. The van der Waals surface area contributed by atoms with E-state index >= 15 is 0 Å². The molecule has 0 amide bonds. The molecule has 0 radical (unpaired) electrons. The highest BCUT2D eigenvalue weighted by Gasteiger charge is 1.97. The highest BCUT2D eigenvalue weighted by molar-refractivity contribution is 5.18. The predicted octanol–water partition coefficient (Wildman–Crippen LogP) is 4.16. The fourth-order valence-electron chi connectivity index (χ4n) is 0.809. The molecule has 12 heavy (non-hydrogen) atoms. The minimum absolute atomic E-state index is 0.112. The molecule has 0 atom stereocenters. The first kappa shape index (κ1) is 11.2. The van der Waals surface area contributed by atoms with Crippen LogP contribution >= 0.6 is 0 Å². The lowest BCUT2D eigenvalue weighted by molar-refractivity contribution is 0.643. The monoisotopic (exact) mass is 168 g/mol. The van der Waals surface area contributed by atoms with Crippen molar-refractivity contribution < 1.29 is 4.39 Å². The van der Waals surface area contributed by atoms with Gasteiger partial charge in [-0.25, -0.2) is 4.39 Å². The Labute approximate surface area is 74.5 Å². The smallest absolute Gasteiger partial charge is 0.121 e. The van der Waals surface area contributed by atoms with Gasteiger partial charge in [-0.15, -0.1) is 6.58 Å². The molecular formula is C11H17F. The van der Waals surface area contributed by atoms with Crippen LogP contribution in [0.2, 0.25) is 0 Å². The fraction of sp³-hybridized carbons (Fsp3) is 0.455. The number of hydrogen-bond donors (Lipinski definition) is 0. The van der Waals surface area contributed by atoms with Crippen molar-refractivity contribution in [3.63, 3.8) is 0 Å². The normalized spacial score (nSPS) is 13.3. The quantitative estimate of drug-likeness (QED) is 0.436. The van der Waals surface area contributed by atoms with Crippen LogP contribution in [0.25, 0.3) is 0 Å². The molecule has 0 N–H and O–H groups in total. The van der Waals surface area contributed by atoms with Crippen molar-refractivity contribution in [1.82, 2.24) is 0 Å². The van der Waals surface area contributed by atoms with Crippen molar-refractivity contribution in [2.24, 2.45) is 0 Å². The number of hydrogen-bond acceptors (Lipinski definition) is 0. The Kier molecular flexibility index (Phi) is 5.35. The molecule has 0 aromatic heterocycles. The molecule has 0 rings (SSSR count). The largest absolute Gasteiger partial charge is 0.207 e. The second kappa shape index (κ2) is 5.76. The van der Waals surface area contributed by atoms with E-state index in [2.05, 4.69) is 6.58 Å². The molecule has 0 spiro atoms. The maximum Gasteiger partial charge on any atom is 0.121 e. The Morgan fingerprint density at radius 2 is 1.92 bits per heavy atom. The molecule has 0 fully saturated rings. The van der Waals surface area contributed by atoms with Crippen molar-refractivity contribution in [2.75, 3.05) is 0 Å². The van der Waals surface area contributed by atoms with Gasteiger partial charge in [0.15, 0.2) is 0 Å². The zero-order chi connectivity index (χ0) is 9.56. The van der Waals surface area contributed by atoms with Crippen LogP contribution in [-0.2, 0) is 0 Å². The minimum Gasteiger partial charge on any atom is -0.207 e. The van der Waals surface area contributed by atoms with Crippen molar-refractivity contribution >= 4 is 0 Å². The van der Waals surface area contributed by atoms with Crippen molar-refractivity contribution in [3.8, 4) is 0 Å². The van der Waals surface area contributed by atoms with E-state index in [1.807, 2.05) is 20.8 Å². The summed E-state index contributed by atoms with van der Waals surface area (Å²) in [4.78, 5) is 0. The van der Waals surface area contributed by atoms with E-state index in [0.29, 0.717) is 0 Å². The van der Waals surface area contributed by atoms with E-state index in [1.54, 1.807) is 6.08 Å². The summed E-state index contributed by atoms with van der Waals surface area (Å²) < 4.78 is 13.0. The topological polar surface area (TPSA) is 0 Å². The summed E-state index contributed by atoms with van der Waals surface area (Å²) in [5.41, 5.74) is 1.90. The van der Waals surface area contributed by atoms with E-state index in [9.17, 15) is 4.39 Å². The molecule has 0 bridgehead atoms. The van der Waals surface area contributed by atoms with Gasteiger partial charge in [0.25, 0.3) is 0 Å². The number of allylic oxidation sites excluding steroid dienone is 5. The van der Waals surface area contributed by atoms with Crippen LogP contribution in [0.3, 0.4) is 0 Å². The van der Waals surface area contributed by atoms with Crippen LogP contribution in [-0.4, -0.2) is 0 Å². The molecule has 0 nitrogen and oxygen atoms in total. The van der Waals surface area contributed by atoms with Crippen molar-refractivity contribution in [1.29, 1.82) is 0 Å². The summed E-state index contributed by atoms with van der Waals surface area (Å²) >= 11 is 0. The number of halogens is 1. The van der Waals surface area contributed by atoms with E-state index in [-0.39, 0.29) is 5.83 Å². The van der Waals surface area contributed by atoms with E-state index in [1.165, 1.54) is 6.08 Å². The van der Waals surface area contributed by atoms with Crippen molar-refractivity contribution in [2.45, 2.75) is 33.6 Å². The second-order valence-electron chi connectivity index (χ2n) is 3.09. The van der Waals surface area contributed by atoms with Crippen molar-refractivity contribution in [3.05, 3.63) is 35.7 Å². The van der Waals surface area contributed by atoms with Crippen LogP contribution < -0.4 is 0 Å². The second-order valence-corrected chi connectivity index (χ2v) is 3.09. The third kappa shape index (κ3) is 4.89. The third-order valence-electron chi connectivity index (χ3n) is 1.65. The van der Waals surface area contributed by atoms with E-state index < -0.39 is 0 Å². The first-order valence-corrected chi connectivity index (χ1v) is 4.20. The number of rotatable bonds is 4. The maximum absolute atomic E-state index is 13.0. The van der Waals surface area contributed by atoms with Gasteiger partial charge < -0.3 is 0 Å². The van der Waals surface area contributed by atoms with Gasteiger partial charge in [0.2, 0.25) is 0 Å². The zero-order valence-electron chi connectivity index (χ0n) is 8.15. The molecule has 0 saturated carbocycles. The lowest BCUT2D eigenvalue weighted by Gasteiger charge is -2.00. The standard InChI is InChI=1S/C11H17F/c1-5-6-11(12)10(4)8-7-9(2)3/h5-6H,2,7-8H2,1,3-4H3/b6-5-,11-10+. The molecule has 0 aliphatic rings. The average molecular weight is 168 g/mol. The van der Waals surface area contributed by atoms with Crippen LogP contribution in [0, 0.1) is 0 Å². The van der Waals surface area contributed by atoms with E-state index in [4.69, 9.17) is 0 Å². The molecule has 0 aliphatic heterocycles. The van der Waals surface area contributed by atoms with Gasteiger partial charge >= 0.3 is 0 Å². The van der Waals surface area contributed by atoms with Gasteiger partial charge in [-0.2, -0.15) is 0 Å². The fourth-order valence-corrected chi connectivity index (χ4v) is 0.809. The summed E-state index contributed by atoms with van der Waals surface area (Å²) in [5.74, 6) is -0.112. The van der Waals surface area contributed by atoms with Gasteiger partial charge in [-0.1, -0.05) is 11.6 Å². The summed E-state index contributed by atoms with van der Waals surface area (Å²) in [6.45, 7) is 9.36. The lowest BCUT2D eigenvalue weighted by Crippen LogP contribution is -1.82. The summed E-state index contributed by atoms with van der Waals surface area (Å²) in [7, 11) is 0. The first-order valence-electron chi connectivity index (χ1n) is 4.20. The van der Waals surface area contributed by atoms with Gasteiger partial charge in [-0.3, -0.25) is 0 Å². The molecule has 0 unspecified atom stereocenters. The molecule has 0 heterocycles. The minimum atomic E-state index is -0.112. The Bertz CT molecular complexity index is 209. The molecule has 1 heteroatoms. The van der Waals surface area contributed by atoms with Gasteiger partial charge in [0, 0.05) is 0 Å². The SMILES string of the molecule is C=C(C)CC/C(C)=C(F)\C=C/C. The van der Waals surface area contributed by atoms with Crippen LogP contribution in [0.4, 0.5) is 4.39 Å². The first-order chi connectivity index (χ1) is 5.57. The Morgan fingerprint density at radius 3 is 2.33 bits per heavy atom. The molecular weight excluding hydrogens is 151 g/mol. The van der Waals surface area contributed by atoms with Gasteiger partial charge in [-0.05, 0) is 45.3 Å². The summed E-state index contributed by atoms with van der Waals surface area (Å²) in [6, 6.07) is 0. The van der Waals surface area contributed by atoms with Crippen LogP contribution in [0.1, 0.15) is 33.6 Å². The molecule has 0 aromatic rings. The summed E-state index contributed by atoms with van der Waals surface area (Å²) in [5, 5.41) is 0. The molecule has 0 saturated heterocycles. The lowest BCUT2D eigenvalue weighted by atomic mass is 10.1. The average Bonchev–Trinajstić information content (AvgIpc) is 2.00. The Balaban J connectivity index is 4.08. The maximum atomic E-state index is 13.0. The van der Waals surface area contributed by atoms with E-state index in [0.717, 1.165) is 24.0 Å². The molecule has 0 aromatic carbocycles. The van der Waals surface area contributed by atoms with Gasteiger partial charge in [0.1, 0.15) is 5.83 Å². The molecule has 68 valence electrons. The zero-order valence-corrected chi connectivity index (χ0v) is 8.15. The third-order valence-corrected chi connectivity index (χ3v) is 1.65.